The first kappa shape index (κ1) is 24.3. The third-order valence-corrected chi connectivity index (χ3v) is 6.33. The quantitative estimate of drug-likeness (QED) is 0.420. The van der Waals surface area contributed by atoms with Gasteiger partial charge in [-0.1, -0.05) is 45.6 Å². The summed E-state index contributed by atoms with van der Waals surface area (Å²) in [7, 11) is 0. The molecule has 2 N–H and O–H groups in total. The summed E-state index contributed by atoms with van der Waals surface area (Å²) in [5.74, 6) is 0.986. The molecule has 2 unspecified atom stereocenters. The lowest BCUT2D eigenvalue weighted by molar-refractivity contribution is -0.115. The maximum absolute atomic E-state index is 12.8. The molecule has 1 aliphatic carbocycles. The molecule has 1 aliphatic rings. The van der Waals surface area contributed by atoms with Gasteiger partial charge in [-0.15, -0.1) is 5.10 Å². The van der Waals surface area contributed by atoms with Crippen LogP contribution in [0.25, 0.3) is 22.5 Å². The van der Waals surface area contributed by atoms with Gasteiger partial charge in [-0.3, -0.25) is 0 Å². The Bertz CT molecular complexity index is 1170. The molecule has 0 aliphatic heterocycles. The molecule has 2 aromatic heterocycles. The molecule has 34 heavy (non-hydrogen) atoms. The minimum Gasteiger partial charge on any atom is -0.402 e. The molecule has 4 rings (SSSR count). The van der Waals surface area contributed by atoms with Crippen LogP contribution in [0, 0.1) is 12.8 Å². The number of fused-ring (bicyclic) bond motifs is 1. The molecule has 1 fully saturated rings. The Kier molecular flexibility index (Phi) is 6.48. The lowest BCUT2D eigenvalue weighted by atomic mass is 9.84. The van der Waals surface area contributed by atoms with Gasteiger partial charge in [-0.25, -0.2) is 4.98 Å². The second-order valence-electron chi connectivity index (χ2n) is 10.5. The molecule has 2 heterocycles. The third kappa shape index (κ3) is 5.62. The number of nitrogens with zero attached hydrogens (tertiary/aromatic N) is 3. The van der Waals surface area contributed by atoms with Crippen LogP contribution in [0.2, 0.25) is 0 Å². The molecule has 0 saturated heterocycles. The Labute approximate surface area is 197 Å². The molecular formula is C25H32F3N5O. The molecule has 0 spiro atoms. The van der Waals surface area contributed by atoms with E-state index in [1.54, 1.807) is 12.1 Å². The van der Waals surface area contributed by atoms with Crippen molar-refractivity contribution < 1.29 is 17.6 Å². The topological polar surface area (TPSA) is 75.9 Å². The van der Waals surface area contributed by atoms with Crippen molar-refractivity contribution in [2.45, 2.75) is 77.9 Å². The van der Waals surface area contributed by atoms with E-state index in [4.69, 9.17) is 9.40 Å². The smallest absolute Gasteiger partial charge is 0.402 e. The lowest BCUT2D eigenvalue weighted by Gasteiger charge is -2.26. The molecular weight excluding hydrogens is 443 g/mol. The van der Waals surface area contributed by atoms with E-state index in [1.165, 1.54) is 12.8 Å². The van der Waals surface area contributed by atoms with Crippen molar-refractivity contribution in [3.63, 3.8) is 0 Å². The van der Waals surface area contributed by atoms with Crippen molar-refractivity contribution >= 4 is 22.6 Å². The first-order chi connectivity index (χ1) is 15.9. The number of aryl methyl sites for hydroxylation is 1. The molecule has 0 bridgehead atoms. The zero-order chi connectivity index (χ0) is 24.7. The number of nitrogens with one attached hydrogen (secondary N) is 2. The van der Waals surface area contributed by atoms with Gasteiger partial charge in [-0.05, 0) is 60.4 Å². The van der Waals surface area contributed by atoms with Gasteiger partial charge < -0.3 is 15.1 Å². The van der Waals surface area contributed by atoms with Gasteiger partial charge in [0, 0.05) is 17.1 Å². The van der Waals surface area contributed by atoms with Crippen LogP contribution in [0.5, 0.6) is 0 Å². The highest BCUT2D eigenvalue weighted by Gasteiger charge is 2.28. The van der Waals surface area contributed by atoms with Crippen molar-refractivity contribution in [1.82, 2.24) is 15.2 Å². The van der Waals surface area contributed by atoms with Gasteiger partial charge in [0.2, 0.25) is 0 Å². The molecule has 2 atom stereocenters. The fourth-order valence-electron chi connectivity index (χ4n) is 4.60. The van der Waals surface area contributed by atoms with Crippen LogP contribution in [-0.4, -0.2) is 33.9 Å². The van der Waals surface area contributed by atoms with Crippen LogP contribution in [0.3, 0.4) is 0 Å². The van der Waals surface area contributed by atoms with Crippen molar-refractivity contribution in [3.05, 3.63) is 29.3 Å². The fraction of sp³-hybridized carbons (Fsp3) is 0.560. The molecule has 1 aromatic carbocycles. The Hall–Kier alpha value is -2.84. The predicted octanol–water partition coefficient (Wildman–Crippen LogP) is 6.86. The van der Waals surface area contributed by atoms with Crippen LogP contribution in [0.1, 0.15) is 64.5 Å². The Morgan fingerprint density at radius 2 is 1.85 bits per heavy atom. The highest BCUT2D eigenvalue weighted by atomic mass is 19.4. The third-order valence-electron chi connectivity index (χ3n) is 6.33. The Morgan fingerprint density at radius 3 is 2.53 bits per heavy atom. The minimum atomic E-state index is -4.30. The standard InChI is InChI=1S/C25H32F3N5O/c1-14-7-6-8-16(9-14)30-23-33-32-22(34-23)20-10-15(2)18-11-17(29-13-25(26,27)28)12-19(21(18)31-20)24(3,4)5/h10-12,14,16,29H,6-9,13H2,1-5H3,(H,30,33). The molecule has 0 radical (unpaired) electrons. The number of halogens is 3. The zero-order valence-corrected chi connectivity index (χ0v) is 20.3. The highest BCUT2D eigenvalue weighted by Crippen LogP contribution is 2.36. The Balaban J connectivity index is 1.68. The Morgan fingerprint density at radius 1 is 1.09 bits per heavy atom. The molecule has 1 saturated carbocycles. The SMILES string of the molecule is Cc1cc(-c2nnc(NC3CCCC(C)C3)o2)nc2c(C(C)(C)C)cc(NCC(F)(F)F)cc12. The number of anilines is 2. The van der Waals surface area contributed by atoms with Crippen LogP contribution < -0.4 is 10.6 Å². The number of benzene rings is 1. The van der Waals surface area contributed by atoms with E-state index in [0.717, 1.165) is 29.4 Å². The lowest BCUT2D eigenvalue weighted by Crippen LogP contribution is -2.26. The molecule has 9 heteroatoms. The number of hydrogen-bond donors (Lipinski definition) is 2. The van der Waals surface area contributed by atoms with Crippen molar-refractivity contribution in [1.29, 1.82) is 0 Å². The first-order valence-electron chi connectivity index (χ1n) is 11.8. The average molecular weight is 476 g/mol. The van der Waals surface area contributed by atoms with Gasteiger partial charge in [0.25, 0.3) is 5.89 Å². The summed E-state index contributed by atoms with van der Waals surface area (Å²) in [6.45, 7) is 9.11. The van der Waals surface area contributed by atoms with Crippen LogP contribution in [0.4, 0.5) is 24.9 Å². The minimum absolute atomic E-state index is 0.315. The van der Waals surface area contributed by atoms with E-state index in [0.29, 0.717) is 40.8 Å². The summed E-state index contributed by atoms with van der Waals surface area (Å²) in [4.78, 5) is 4.82. The van der Waals surface area contributed by atoms with Gasteiger partial charge in [0.15, 0.2) is 0 Å². The van der Waals surface area contributed by atoms with Gasteiger partial charge in [0.1, 0.15) is 12.2 Å². The van der Waals surface area contributed by atoms with E-state index in [1.807, 2.05) is 33.8 Å². The second-order valence-corrected chi connectivity index (χ2v) is 10.5. The summed E-state index contributed by atoms with van der Waals surface area (Å²) in [6.07, 6.45) is 0.283. The number of hydrogen-bond acceptors (Lipinski definition) is 6. The number of alkyl halides is 3. The maximum Gasteiger partial charge on any atom is 0.405 e. The molecule has 184 valence electrons. The number of aromatic nitrogens is 3. The monoisotopic (exact) mass is 475 g/mol. The summed E-state index contributed by atoms with van der Waals surface area (Å²) in [6, 6.07) is 6.00. The van der Waals surface area contributed by atoms with Crippen LogP contribution >= 0.6 is 0 Å². The predicted molar refractivity (Wildman–Crippen MR) is 128 cm³/mol. The summed E-state index contributed by atoms with van der Waals surface area (Å²) in [5.41, 5.74) is 3.05. The van der Waals surface area contributed by atoms with Crippen molar-refractivity contribution in [3.8, 4) is 11.6 Å². The van der Waals surface area contributed by atoms with E-state index in [9.17, 15) is 13.2 Å². The van der Waals surface area contributed by atoms with E-state index in [-0.39, 0.29) is 5.41 Å². The van der Waals surface area contributed by atoms with Gasteiger partial charge in [0.05, 0.1) is 5.52 Å². The summed E-state index contributed by atoms with van der Waals surface area (Å²) < 4.78 is 44.2. The van der Waals surface area contributed by atoms with Crippen molar-refractivity contribution in [2.75, 3.05) is 17.2 Å². The van der Waals surface area contributed by atoms with Crippen LogP contribution in [0.15, 0.2) is 22.6 Å². The van der Waals surface area contributed by atoms with Crippen molar-refractivity contribution in [2.24, 2.45) is 5.92 Å². The molecule has 6 nitrogen and oxygen atoms in total. The number of rotatable bonds is 5. The van der Waals surface area contributed by atoms with Gasteiger partial charge in [-0.2, -0.15) is 13.2 Å². The number of pyridine rings is 1. The maximum atomic E-state index is 12.8. The zero-order valence-electron chi connectivity index (χ0n) is 20.3. The first-order valence-corrected chi connectivity index (χ1v) is 11.8. The normalized spacial score (nSPS) is 19.4. The molecule has 3 aromatic rings. The fourth-order valence-corrected chi connectivity index (χ4v) is 4.60. The largest absolute Gasteiger partial charge is 0.405 e. The summed E-state index contributed by atoms with van der Waals surface area (Å²) >= 11 is 0. The summed E-state index contributed by atoms with van der Waals surface area (Å²) in [5, 5.41) is 15.0. The second kappa shape index (κ2) is 9.07. The highest BCUT2D eigenvalue weighted by molar-refractivity contribution is 5.90. The van der Waals surface area contributed by atoms with Crippen LogP contribution in [-0.2, 0) is 5.41 Å². The average Bonchev–Trinajstić information content (AvgIpc) is 3.19. The van der Waals surface area contributed by atoms with E-state index in [2.05, 4.69) is 27.8 Å². The van der Waals surface area contributed by atoms with Gasteiger partial charge >= 0.3 is 12.2 Å². The molecule has 0 amide bonds. The van der Waals surface area contributed by atoms with E-state index >= 15 is 0 Å². The van der Waals surface area contributed by atoms with E-state index < -0.39 is 12.7 Å².